The van der Waals surface area contributed by atoms with E-state index in [9.17, 15) is 0 Å². The average Bonchev–Trinajstić information content (AvgIpc) is 0. The molecule has 0 aromatic carbocycles. The summed E-state index contributed by atoms with van der Waals surface area (Å²) in [4.78, 5) is 0. The van der Waals surface area contributed by atoms with Crippen LogP contribution in [0, 0.1) is 0 Å². The van der Waals surface area contributed by atoms with Crippen molar-refractivity contribution in [2.75, 3.05) is 0 Å². The van der Waals surface area contributed by atoms with Gasteiger partial charge in [-0.1, -0.05) is 0 Å². The third-order valence-corrected chi connectivity index (χ3v) is 0. The van der Waals surface area contributed by atoms with Gasteiger partial charge in [0, 0.05) is 44.4 Å². The summed E-state index contributed by atoms with van der Waals surface area (Å²) in [5.74, 6) is 0. The molecule has 0 bridgehead atoms. The van der Waals surface area contributed by atoms with Gasteiger partial charge in [0.2, 0.25) is 0 Å². The van der Waals surface area contributed by atoms with Crippen molar-refractivity contribution in [2.24, 2.45) is 0 Å². The van der Waals surface area contributed by atoms with Crippen molar-refractivity contribution < 1.29 is 44.4 Å². The quantitative estimate of drug-likeness (QED) is 0.237. The molecule has 1 radical (unpaired) electrons. The summed E-state index contributed by atoms with van der Waals surface area (Å²) >= 11 is 0. The normalized spacial score (nSPS) is 0. The van der Waals surface area contributed by atoms with Gasteiger partial charge in [-0.15, -0.1) is 0 Å². The van der Waals surface area contributed by atoms with Gasteiger partial charge >= 0.3 is 106 Å². The second kappa shape index (κ2) is 32.5. The van der Waals surface area contributed by atoms with Crippen LogP contribution in [0.4, 0.5) is 0 Å². The molecule has 0 saturated heterocycles. The monoisotopic (exact) mass is 633 g/mol. The maximum atomic E-state index is 0. The van der Waals surface area contributed by atoms with Crippen molar-refractivity contribution in [2.45, 2.75) is 0 Å². The van der Waals surface area contributed by atoms with Gasteiger partial charge < -0.3 is 0 Å². The number of hydrogen-bond acceptors (Lipinski definition) is 0. The molecule has 1 unspecified atom stereocenters. The molecular formula is H11AsBiCaCdCuSb. The zero-order valence-corrected chi connectivity index (χ0v) is 20.6. The molecule has 41 valence electrons. The summed E-state index contributed by atoms with van der Waals surface area (Å²) in [6.45, 7) is 0. The summed E-state index contributed by atoms with van der Waals surface area (Å²) in [5, 5.41) is 0. The van der Waals surface area contributed by atoms with E-state index >= 15 is 0 Å². The van der Waals surface area contributed by atoms with Crippen molar-refractivity contribution in [1.29, 1.82) is 0 Å². The average molecular weight is 633 g/mol. The standard InChI is InChI=1S/AsH3.Bi.Ca.Cd.Cu.Sb.8H/h1H3;;;;;;;;;;;;;. The molecule has 1 atom stereocenters. The molecule has 0 saturated carbocycles. The molecule has 0 aromatic rings. The van der Waals surface area contributed by atoms with Crippen LogP contribution in [0.25, 0.3) is 0 Å². The fourth-order valence-corrected chi connectivity index (χ4v) is 0. The Morgan fingerprint density at radius 2 is 1.00 bits per heavy atom. The molecule has 0 N–H and O–H groups in total. The Hall–Kier alpha value is 4.96. The minimum atomic E-state index is 0. The van der Waals surface area contributed by atoms with Crippen LogP contribution in [-0.4, -0.2) is 106 Å². The van der Waals surface area contributed by atoms with Crippen LogP contribution in [0.3, 0.4) is 0 Å². The first kappa shape index (κ1) is 44.2. The van der Waals surface area contributed by atoms with E-state index in [-0.39, 0.29) is 151 Å². The molecule has 0 fully saturated rings. The third kappa shape index (κ3) is 23.1. The molecular weight excluding hydrogens is 622 g/mol. The molecule has 0 rings (SSSR count). The van der Waals surface area contributed by atoms with E-state index < -0.39 is 0 Å². The maximum absolute atomic E-state index is 0. The topological polar surface area (TPSA) is 0 Å². The first-order valence-corrected chi connectivity index (χ1v) is 0. The first-order valence-electron chi connectivity index (χ1n) is 0. The van der Waals surface area contributed by atoms with Crippen LogP contribution in [0.15, 0.2) is 0 Å². The molecule has 0 heterocycles. The van der Waals surface area contributed by atoms with Crippen LogP contribution in [0.5, 0.6) is 0 Å². The Balaban J connectivity index is 0. The molecule has 0 aliphatic rings. The van der Waals surface area contributed by atoms with Gasteiger partial charge in [-0.25, -0.2) is 0 Å². The Bertz CT molecular complexity index is 15.5. The van der Waals surface area contributed by atoms with E-state index in [1.807, 2.05) is 0 Å². The van der Waals surface area contributed by atoms with E-state index in [0.717, 1.165) is 0 Å². The van der Waals surface area contributed by atoms with E-state index in [2.05, 4.69) is 0 Å². The summed E-state index contributed by atoms with van der Waals surface area (Å²) in [6.07, 6.45) is 0. The van der Waals surface area contributed by atoms with Gasteiger partial charge in [-0.05, 0) is 0 Å². The molecule has 0 aliphatic heterocycles. The molecule has 0 nitrogen and oxygen atoms in total. The molecule has 6 heavy (non-hydrogen) atoms. The molecule has 0 aliphatic carbocycles. The minimum absolute atomic E-state index is 0. The molecule has 0 spiro atoms. The van der Waals surface area contributed by atoms with Gasteiger partial charge in [0.25, 0.3) is 0 Å². The van der Waals surface area contributed by atoms with E-state index in [0.29, 0.717) is 0 Å². The molecule has 0 aromatic heterocycles. The van der Waals surface area contributed by atoms with Crippen molar-refractivity contribution >= 4 is 106 Å². The predicted molar refractivity (Wildman–Crippen MR) is 38.4 cm³/mol. The summed E-state index contributed by atoms with van der Waals surface area (Å²) < 4.78 is 0. The zero-order chi connectivity index (χ0) is 0. The van der Waals surface area contributed by atoms with Crippen LogP contribution >= 0.6 is 0 Å². The van der Waals surface area contributed by atoms with Crippen molar-refractivity contribution in [3.8, 4) is 0 Å². The number of hydrogen-bond donors (Lipinski definition) is 0. The fourth-order valence-electron chi connectivity index (χ4n) is 0. The van der Waals surface area contributed by atoms with Gasteiger partial charge in [-0.3, -0.25) is 0 Å². The van der Waals surface area contributed by atoms with E-state index in [1.54, 1.807) is 0 Å². The Labute approximate surface area is 147 Å². The van der Waals surface area contributed by atoms with E-state index in [1.165, 1.54) is 0 Å². The second-order valence-corrected chi connectivity index (χ2v) is 0. The Morgan fingerprint density at radius 1 is 1.00 bits per heavy atom. The second-order valence-electron chi connectivity index (χ2n) is 0. The van der Waals surface area contributed by atoms with Crippen molar-refractivity contribution in [3.05, 3.63) is 0 Å². The molecule has 0 amide bonds. The van der Waals surface area contributed by atoms with Crippen LogP contribution in [-0.2, 0) is 44.4 Å². The van der Waals surface area contributed by atoms with Gasteiger partial charge in [0.1, 0.15) is 0 Å². The van der Waals surface area contributed by atoms with Crippen molar-refractivity contribution in [3.63, 3.8) is 0 Å². The van der Waals surface area contributed by atoms with Crippen LogP contribution in [0.1, 0.15) is 0 Å². The number of rotatable bonds is 0. The fraction of sp³-hybridized carbons (Fsp3) is 0. The zero-order valence-electron chi connectivity index (χ0n) is 3.13. The SMILES string of the molecule is [AsH3].[BiH3].[CaH2].[Cd].[Cu].[SbH3]. The molecule has 6 heteroatoms. The Morgan fingerprint density at radius 3 is 1.00 bits per heavy atom. The van der Waals surface area contributed by atoms with Gasteiger partial charge in [0.15, 0.2) is 0 Å². The third-order valence-electron chi connectivity index (χ3n) is 0. The van der Waals surface area contributed by atoms with Gasteiger partial charge in [-0.2, -0.15) is 0 Å². The summed E-state index contributed by atoms with van der Waals surface area (Å²) in [5.41, 5.74) is 0. The Kier molecular flexibility index (Phi) is 239. The van der Waals surface area contributed by atoms with Crippen LogP contribution in [0.2, 0.25) is 0 Å². The first-order chi connectivity index (χ1) is 0. The van der Waals surface area contributed by atoms with Crippen molar-refractivity contribution in [1.82, 2.24) is 0 Å². The summed E-state index contributed by atoms with van der Waals surface area (Å²) in [7, 11) is 0. The predicted octanol–water partition coefficient (Wildman–Crippen LogP) is -4.47. The van der Waals surface area contributed by atoms with Gasteiger partial charge in [0.05, 0.1) is 0 Å². The van der Waals surface area contributed by atoms with Crippen LogP contribution < -0.4 is 0 Å². The van der Waals surface area contributed by atoms with E-state index in [4.69, 9.17) is 0 Å². The summed E-state index contributed by atoms with van der Waals surface area (Å²) in [6, 6.07) is 0.